The van der Waals surface area contributed by atoms with Crippen LogP contribution in [0.2, 0.25) is 0 Å². The van der Waals surface area contributed by atoms with Crippen LogP contribution in [0.25, 0.3) is 10.2 Å². The first-order valence-corrected chi connectivity index (χ1v) is 8.98. The molecule has 5 heteroatoms. The average Bonchev–Trinajstić information content (AvgIpc) is 3.25. The minimum atomic E-state index is 0.109. The highest BCUT2D eigenvalue weighted by Crippen LogP contribution is 2.27. The second-order valence-electron chi connectivity index (χ2n) is 6.28. The van der Waals surface area contributed by atoms with E-state index in [0.29, 0.717) is 11.7 Å². The van der Waals surface area contributed by atoms with E-state index >= 15 is 0 Å². The van der Waals surface area contributed by atoms with Crippen LogP contribution in [0.1, 0.15) is 22.3 Å². The molecule has 1 atom stereocenters. The number of fused-ring (bicyclic) bond motifs is 1. The van der Waals surface area contributed by atoms with E-state index in [9.17, 15) is 9.90 Å². The molecule has 1 aliphatic rings. The minimum Gasteiger partial charge on any atom is -0.508 e. The number of hydrogen-bond acceptors (Lipinski definition) is 4. The largest absolute Gasteiger partial charge is 0.508 e. The van der Waals surface area contributed by atoms with Gasteiger partial charge in [-0.1, -0.05) is 18.2 Å². The number of carbonyl (C=O) groups excluding carboxylic acids is 1. The van der Waals surface area contributed by atoms with Crippen LogP contribution in [-0.2, 0) is 6.42 Å². The summed E-state index contributed by atoms with van der Waals surface area (Å²) in [5.41, 5.74) is 4.65. The molecule has 1 fully saturated rings. The highest BCUT2D eigenvalue weighted by Gasteiger charge is 2.28. The summed E-state index contributed by atoms with van der Waals surface area (Å²) in [5.74, 6) is 0.872. The minimum absolute atomic E-state index is 0.109. The molecule has 122 valence electrons. The van der Waals surface area contributed by atoms with Crippen molar-refractivity contribution >= 4 is 27.5 Å². The number of rotatable bonds is 3. The molecule has 2 aromatic carbocycles. The zero-order valence-corrected chi connectivity index (χ0v) is 14.0. The highest BCUT2D eigenvalue weighted by molar-refractivity contribution is 7.17. The van der Waals surface area contributed by atoms with Gasteiger partial charge in [0.15, 0.2) is 0 Å². The Morgan fingerprint density at radius 3 is 2.92 bits per heavy atom. The SMILES string of the molecule is O=C(c1cccc2ncsc12)N1CCC(Cc2ccc(O)cc2)C1. The van der Waals surface area contributed by atoms with E-state index in [2.05, 4.69) is 4.98 Å². The van der Waals surface area contributed by atoms with E-state index < -0.39 is 0 Å². The van der Waals surface area contributed by atoms with Crippen LogP contribution in [-0.4, -0.2) is 34.0 Å². The van der Waals surface area contributed by atoms with Crippen molar-refractivity contribution in [2.45, 2.75) is 12.8 Å². The molecule has 3 aromatic rings. The number of hydrogen-bond donors (Lipinski definition) is 1. The highest BCUT2D eigenvalue weighted by atomic mass is 32.1. The summed E-state index contributed by atoms with van der Waals surface area (Å²) in [6, 6.07) is 13.1. The molecule has 0 aliphatic carbocycles. The number of likely N-dealkylation sites (tertiary alicyclic amines) is 1. The van der Waals surface area contributed by atoms with Crippen molar-refractivity contribution in [2.75, 3.05) is 13.1 Å². The fraction of sp³-hybridized carbons (Fsp3) is 0.263. The number of phenolic OH excluding ortho intramolecular Hbond substituents is 1. The van der Waals surface area contributed by atoms with Crippen LogP contribution >= 0.6 is 11.3 Å². The lowest BCUT2D eigenvalue weighted by atomic mass is 9.99. The molecule has 1 N–H and O–H groups in total. The first-order valence-electron chi connectivity index (χ1n) is 8.10. The molecule has 0 saturated carbocycles. The van der Waals surface area contributed by atoms with E-state index in [0.717, 1.165) is 41.7 Å². The summed E-state index contributed by atoms with van der Waals surface area (Å²) in [4.78, 5) is 19.1. The molecule has 0 radical (unpaired) electrons. The number of carbonyl (C=O) groups is 1. The summed E-state index contributed by atoms with van der Waals surface area (Å²) < 4.78 is 0.976. The van der Waals surface area contributed by atoms with Crippen molar-refractivity contribution in [1.29, 1.82) is 0 Å². The van der Waals surface area contributed by atoms with Crippen LogP contribution in [0.5, 0.6) is 5.75 Å². The number of aromatic hydroxyl groups is 1. The molecule has 1 aromatic heterocycles. The standard InChI is InChI=1S/C19H18N2O2S/c22-15-6-4-13(5-7-15)10-14-8-9-21(11-14)19(23)16-2-1-3-17-18(16)24-12-20-17/h1-7,12,14,22H,8-11H2. The lowest BCUT2D eigenvalue weighted by molar-refractivity contribution is 0.0789. The van der Waals surface area contributed by atoms with Crippen molar-refractivity contribution < 1.29 is 9.90 Å². The van der Waals surface area contributed by atoms with Gasteiger partial charge in [-0.25, -0.2) is 4.98 Å². The molecule has 4 rings (SSSR count). The maximum atomic E-state index is 12.9. The van der Waals surface area contributed by atoms with Crippen LogP contribution in [0.3, 0.4) is 0 Å². The fourth-order valence-corrected chi connectivity index (χ4v) is 4.17. The molecule has 2 heterocycles. The Labute approximate surface area is 144 Å². The van der Waals surface area contributed by atoms with Gasteiger partial charge in [0, 0.05) is 13.1 Å². The molecule has 1 amide bonds. The lowest BCUT2D eigenvalue weighted by Crippen LogP contribution is -2.29. The topological polar surface area (TPSA) is 53.4 Å². The van der Waals surface area contributed by atoms with E-state index in [1.54, 1.807) is 17.6 Å². The van der Waals surface area contributed by atoms with E-state index in [1.165, 1.54) is 16.9 Å². The van der Waals surface area contributed by atoms with Gasteiger partial charge < -0.3 is 10.0 Å². The Morgan fingerprint density at radius 2 is 2.08 bits per heavy atom. The maximum absolute atomic E-state index is 12.9. The summed E-state index contributed by atoms with van der Waals surface area (Å²) >= 11 is 1.52. The van der Waals surface area contributed by atoms with E-state index in [-0.39, 0.29) is 5.91 Å². The molecule has 1 unspecified atom stereocenters. The smallest absolute Gasteiger partial charge is 0.255 e. The van der Waals surface area contributed by atoms with Crippen molar-refractivity contribution in [3.8, 4) is 5.75 Å². The van der Waals surface area contributed by atoms with Crippen LogP contribution < -0.4 is 0 Å². The van der Waals surface area contributed by atoms with Gasteiger partial charge >= 0.3 is 0 Å². The summed E-state index contributed by atoms with van der Waals surface area (Å²) in [6.07, 6.45) is 1.96. The predicted octanol–water partition coefficient (Wildman–Crippen LogP) is 3.71. The van der Waals surface area contributed by atoms with Gasteiger partial charge in [0.1, 0.15) is 5.75 Å². The van der Waals surface area contributed by atoms with Crippen LogP contribution in [0.4, 0.5) is 0 Å². The van der Waals surface area contributed by atoms with Gasteiger partial charge in [-0.3, -0.25) is 4.79 Å². The summed E-state index contributed by atoms with van der Waals surface area (Å²) in [7, 11) is 0. The number of aromatic nitrogens is 1. The number of phenols is 1. The van der Waals surface area contributed by atoms with Crippen molar-refractivity contribution in [3.63, 3.8) is 0 Å². The maximum Gasteiger partial charge on any atom is 0.255 e. The van der Waals surface area contributed by atoms with Crippen molar-refractivity contribution in [2.24, 2.45) is 5.92 Å². The number of amides is 1. The van der Waals surface area contributed by atoms with Crippen LogP contribution in [0, 0.1) is 5.92 Å². The van der Waals surface area contributed by atoms with Gasteiger partial charge in [0.05, 0.1) is 21.3 Å². The third-order valence-electron chi connectivity index (χ3n) is 4.62. The second-order valence-corrected chi connectivity index (χ2v) is 7.14. The zero-order chi connectivity index (χ0) is 16.5. The number of benzene rings is 2. The fourth-order valence-electron chi connectivity index (χ4n) is 3.37. The molecule has 1 saturated heterocycles. The average molecular weight is 338 g/mol. The molecular formula is C19H18N2O2S. The molecule has 0 bridgehead atoms. The molecule has 4 nitrogen and oxygen atoms in total. The number of nitrogens with zero attached hydrogens (tertiary/aromatic N) is 2. The zero-order valence-electron chi connectivity index (χ0n) is 13.2. The van der Waals surface area contributed by atoms with Gasteiger partial charge in [0.25, 0.3) is 5.91 Å². The Morgan fingerprint density at radius 1 is 1.25 bits per heavy atom. The summed E-state index contributed by atoms with van der Waals surface area (Å²) in [5, 5.41) is 9.37. The molecular weight excluding hydrogens is 320 g/mol. The van der Waals surface area contributed by atoms with Crippen molar-refractivity contribution in [1.82, 2.24) is 9.88 Å². The van der Waals surface area contributed by atoms with E-state index in [1.807, 2.05) is 35.2 Å². The number of thiazole rings is 1. The molecule has 1 aliphatic heterocycles. The quantitative estimate of drug-likeness (QED) is 0.792. The monoisotopic (exact) mass is 338 g/mol. The summed E-state index contributed by atoms with van der Waals surface area (Å²) in [6.45, 7) is 1.59. The Balaban J connectivity index is 1.47. The molecule has 24 heavy (non-hydrogen) atoms. The van der Waals surface area contributed by atoms with E-state index in [4.69, 9.17) is 0 Å². The Kier molecular flexibility index (Phi) is 3.94. The van der Waals surface area contributed by atoms with Crippen molar-refractivity contribution in [3.05, 3.63) is 59.1 Å². The lowest BCUT2D eigenvalue weighted by Gasteiger charge is -2.17. The van der Waals surface area contributed by atoms with Crippen LogP contribution in [0.15, 0.2) is 48.0 Å². The third-order valence-corrected chi connectivity index (χ3v) is 5.50. The first-order chi connectivity index (χ1) is 11.7. The predicted molar refractivity (Wildman–Crippen MR) is 95.4 cm³/mol. The Bertz CT molecular complexity index is 872. The first kappa shape index (κ1) is 15.1. The third kappa shape index (κ3) is 2.87. The second kappa shape index (κ2) is 6.24. The van der Waals surface area contributed by atoms with Gasteiger partial charge in [-0.15, -0.1) is 11.3 Å². The van der Waals surface area contributed by atoms with Gasteiger partial charge in [-0.05, 0) is 48.6 Å². The van der Waals surface area contributed by atoms with Gasteiger partial charge in [0.2, 0.25) is 0 Å². The normalized spacial score (nSPS) is 17.5. The molecule has 0 spiro atoms. The Hall–Kier alpha value is -2.40. The van der Waals surface area contributed by atoms with Gasteiger partial charge in [-0.2, -0.15) is 0 Å².